The van der Waals surface area contributed by atoms with Gasteiger partial charge >= 0.3 is 0 Å². The van der Waals surface area contributed by atoms with Crippen LogP contribution in [0.4, 0.5) is 0 Å². The van der Waals surface area contributed by atoms with Gasteiger partial charge in [0.15, 0.2) is 11.5 Å². The van der Waals surface area contributed by atoms with Crippen LogP contribution in [0.5, 0.6) is 11.5 Å². The maximum Gasteiger partial charge on any atom is 0.173 e. The zero-order valence-corrected chi connectivity index (χ0v) is 11.6. The van der Waals surface area contributed by atoms with Gasteiger partial charge in [0.1, 0.15) is 23.0 Å². The average Bonchev–Trinajstić information content (AvgIpc) is 2.89. The lowest BCUT2D eigenvalue weighted by Gasteiger charge is -2.09. The first kappa shape index (κ1) is 12.7. The fourth-order valence-corrected chi connectivity index (χ4v) is 2.08. The van der Waals surface area contributed by atoms with Gasteiger partial charge in [-0.15, -0.1) is 10.2 Å². The molecule has 7 heteroatoms. The summed E-state index contributed by atoms with van der Waals surface area (Å²) in [6.45, 7) is 0. The van der Waals surface area contributed by atoms with Crippen LogP contribution in [0.1, 0.15) is 0 Å². The molecule has 0 spiro atoms. The van der Waals surface area contributed by atoms with Crippen LogP contribution < -0.4 is 9.47 Å². The predicted octanol–water partition coefficient (Wildman–Crippen LogP) is 2.46. The Morgan fingerprint density at radius 3 is 2.70 bits per heavy atom. The number of hydrogen-bond acceptors (Lipinski definition) is 5. The molecule has 0 saturated heterocycles. The summed E-state index contributed by atoms with van der Waals surface area (Å²) in [6, 6.07) is 7.14. The molecule has 1 aromatic carbocycles. The Balaban J connectivity index is 2.20. The van der Waals surface area contributed by atoms with E-state index in [9.17, 15) is 0 Å². The van der Waals surface area contributed by atoms with E-state index in [1.54, 1.807) is 37.1 Å². The lowest BCUT2D eigenvalue weighted by Crippen LogP contribution is -1.95. The van der Waals surface area contributed by atoms with Crippen molar-refractivity contribution in [3.8, 4) is 22.9 Å². The molecule has 0 unspecified atom stereocenters. The van der Waals surface area contributed by atoms with Crippen molar-refractivity contribution in [2.24, 2.45) is 0 Å². The molecule has 0 N–H and O–H groups in total. The van der Waals surface area contributed by atoms with Crippen LogP contribution in [0.25, 0.3) is 17.0 Å². The second-order valence-electron chi connectivity index (χ2n) is 4.03. The number of aromatic nitrogens is 4. The number of ether oxygens (including phenoxy) is 2. The van der Waals surface area contributed by atoms with Crippen molar-refractivity contribution in [1.82, 2.24) is 19.6 Å². The van der Waals surface area contributed by atoms with E-state index in [0.29, 0.717) is 28.1 Å². The highest BCUT2D eigenvalue weighted by Gasteiger charge is 2.14. The van der Waals surface area contributed by atoms with Gasteiger partial charge in [-0.05, 0) is 12.1 Å². The monoisotopic (exact) mass is 290 g/mol. The first-order valence-corrected chi connectivity index (χ1v) is 6.19. The number of halogens is 1. The second kappa shape index (κ2) is 4.97. The Morgan fingerprint density at radius 1 is 1.10 bits per heavy atom. The molecule has 0 atom stereocenters. The van der Waals surface area contributed by atoms with E-state index in [1.807, 2.05) is 12.1 Å². The van der Waals surface area contributed by atoms with Crippen LogP contribution in [0, 0.1) is 0 Å². The van der Waals surface area contributed by atoms with Crippen LogP contribution in [0.15, 0.2) is 30.6 Å². The highest BCUT2D eigenvalue weighted by molar-refractivity contribution is 6.29. The summed E-state index contributed by atoms with van der Waals surface area (Å²) in [5, 5.41) is 8.61. The van der Waals surface area contributed by atoms with E-state index >= 15 is 0 Å². The first-order valence-electron chi connectivity index (χ1n) is 5.81. The molecule has 6 nitrogen and oxygen atoms in total. The van der Waals surface area contributed by atoms with Gasteiger partial charge in [0.2, 0.25) is 0 Å². The van der Waals surface area contributed by atoms with Gasteiger partial charge in [-0.25, -0.2) is 4.98 Å². The van der Waals surface area contributed by atoms with Crippen molar-refractivity contribution >= 4 is 17.2 Å². The van der Waals surface area contributed by atoms with Gasteiger partial charge in [-0.3, -0.25) is 4.40 Å². The van der Waals surface area contributed by atoms with Crippen molar-refractivity contribution in [3.63, 3.8) is 0 Å². The van der Waals surface area contributed by atoms with Gasteiger partial charge in [-0.1, -0.05) is 11.6 Å². The van der Waals surface area contributed by atoms with Gasteiger partial charge in [-0.2, -0.15) is 0 Å². The molecule has 0 radical (unpaired) electrons. The number of fused-ring (bicyclic) bond motifs is 1. The second-order valence-corrected chi connectivity index (χ2v) is 4.42. The first-order chi connectivity index (χ1) is 9.72. The summed E-state index contributed by atoms with van der Waals surface area (Å²) >= 11 is 5.84. The van der Waals surface area contributed by atoms with Crippen LogP contribution in [0.3, 0.4) is 0 Å². The van der Waals surface area contributed by atoms with E-state index < -0.39 is 0 Å². The summed E-state index contributed by atoms with van der Waals surface area (Å²) in [7, 11) is 3.20. The minimum absolute atomic E-state index is 0.373. The third-order valence-corrected chi connectivity index (χ3v) is 3.12. The van der Waals surface area contributed by atoms with E-state index in [0.717, 1.165) is 5.56 Å². The fraction of sp³-hybridized carbons (Fsp3) is 0.154. The van der Waals surface area contributed by atoms with Crippen LogP contribution in [0.2, 0.25) is 5.15 Å². The Kier molecular flexibility index (Phi) is 3.15. The van der Waals surface area contributed by atoms with E-state index in [1.165, 1.54) is 0 Å². The maximum atomic E-state index is 5.84. The van der Waals surface area contributed by atoms with Crippen LogP contribution in [-0.2, 0) is 0 Å². The summed E-state index contributed by atoms with van der Waals surface area (Å²) in [6.07, 6.45) is 1.58. The summed E-state index contributed by atoms with van der Waals surface area (Å²) < 4.78 is 12.3. The van der Waals surface area contributed by atoms with Gasteiger partial charge < -0.3 is 9.47 Å². The Labute approximate surface area is 119 Å². The standard InChI is InChI=1S/C13H11ClN4O2/c1-19-8-3-4-9(10(5-8)20-2)13-17-16-12-6-11(14)15-7-18(12)13/h3-7H,1-2H3. The molecule has 0 aliphatic carbocycles. The summed E-state index contributed by atoms with van der Waals surface area (Å²) in [4.78, 5) is 4.04. The van der Waals surface area contributed by atoms with Crippen LogP contribution >= 0.6 is 11.6 Å². The molecule has 0 saturated carbocycles. The minimum Gasteiger partial charge on any atom is -0.497 e. The van der Waals surface area contributed by atoms with E-state index in [-0.39, 0.29) is 0 Å². The SMILES string of the molecule is COc1ccc(-c2nnc3cc(Cl)ncn23)c(OC)c1. The molecule has 20 heavy (non-hydrogen) atoms. The Hall–Kier alpha value is -2.34. The quantitative estimate of drug-likeness (QED) is 0.693. The molecule has 0 aliphatic heterocycles. The maximum absolute atomic E-state index is 5.84. The molecule has 0 amide bonds. The summed E-state index contributed by atoms with van der Waals surface area (Å²) in [5.74, 6) is 1.98. The van der Waals surface area contributed by atoms with Gasteiger partial charge in [0.05, 0.1) is 19.8 Å². The average molecular weight is 291 g/mol. The van der Waals surface area contributed by atoms with Crippen molar-refractivity contribution in [3.05, 3.63) is 35.7 Å². The fourth-order valence-electron chi connectivity index (χ4n) is 1.94. The molecule has 2 aromatic heterocycles. The third-order valence-electron chi connectivity index (χ3n) is 2.92. The molecule has 2 heterocycles. The number of rotatable bonds is 3. The van der Waals surface area contributed by atoms with Crippen molar-refractivity contribution in [2.45, 2.75) is 0 Å². The lowest BCUT2D eigenvalue weighted by molar-refractivity contribution is 0.395. The Bertz CT molecular complexity index is 772. The zero-order valence-electron chi connectivity index (χ0n) is 10.9. The molecule has 0 aliphatic rings. The predicted molar refractivity (Wildman–Crippen MR) is 74.3 cm³/mol. The van der Waals surface area contributed by atoms with E-state index in [2.05, 4.69) is 15.2 Å². The van der Waals surface area contributed by atoms with E-state index in [4.69, 9.17) is 21.1 Å². The third kappa shape index (κ3) is 2.04. The topological polar surface area (TPSA) is 61.5 Å². The number of benzene rings is 1. The lowest BCUT2D eigenvalue weighted by atomic mass is 10.2. The van der Waals surface area contributed by atoms with Crippen molar-refractivity contribution in [2.75, 3.05) is 14.2 Å². The highest BCUT2D eigenvalue weighted by Crippen LogP contribution is 2.32. The van der Waals surface area contributed by atoms with Crippen LogP contribution in [-0.4, -0.2) is 33.8 Å². The molecule has 3 aromatic rings. The largest absolute Gasteiger partial charge is 0.497 e. The zero-order chi connectivity index (χ0) is 14.1. The molecule has 3 rings (SSSR count). The molecule has 0 fully saturated rings. The molecular weight excluding hydrogens is 280 g/mol. The van der Waals surface area contributed by atoms with Gasteiger partial charge in [0.25, 0.3) is 0 Å². The van der Waals surface area contributed by atoms with Gasteiger partial charge in [0, 0.05) is 12.1 Å². The summed E-state index contributed by atoms with van der Waals surface area (Å²) in [5.41, 5.74) is 1.42. The highest BCUT2D eigenvalue weighted by atomic mass is 35.5. The molecule has 0 bridgehead atoms. The number of hydrogen-bond donors (Lipinski definition) is 0. The number of nitrogens with zero attached hydrogens (tertiary/aromatic N) is 4. The minimum atomic E-state index is 0.373. The normalized spacial score (nSPS) is 10.8. The molecular formula is C13H11ClN4O2. The smallest absolute Gasteiger partial charge is 0.173 e. The van der Waals surface area contributed by atoms with Crippen molar-refractivity contribution in [1.29, 1.82) is 0 Å². The number of methoxy groups -OCH3 is 2. The molecule has 102 valence electrons. The Morgan fingerprint density at radius 2 is 1.95 bits per heavy atom. The van der Waals surface area contributed by atoms with Crippen molar-refractivity contribution < 1.29 is 9.47 Å².